The predicted octanol–water partition coefficient (Wildman–Crippen LogP) is 0.798. The Kier molecular flexibility index (Phi) is 3.59. The van der Waals surface area contributed by atoms with Gasteiger partial charge in [-0.3, -0.25) is 4.79 Å². The SMILES string of the molecule is CN(C)CCC(=O)c1cccnc1N. The van der Waals surface area contributed by atoms with Gasteiger partial charge in [0.1, 0.15) is 5.82 Å². The quantitative estimate of drug-likeness (QED) is 0.718. The van der Waals surface area contributed by atoms with Crippen LogP contribution in [0.2, 0.25) is 0 Å². The first-order valence-corrected chi connectivity index (χ1v) is 4.49. The van der Waals surface area contributed by atoms with E-state index in [4.69, 9.17) is 5.73 Å². The number of Topliss-reactive ketones (excluding diaryl/α,β-unsaturated/α-hetero) is 1. The van der Waals surface area contributed by atoms with Crippen molar-refractivity contribution in [3.8, 4) is 0 Å². The minimum atomic E-state index is 0.0456. The van der Waals surface area contributed by atoms with E-state index < -0.39 is 0 Å². The van der Waals surface area contributed by atoms with Crippen molar-refractivity contribution in [3.63, 3.8) is 0 Å². The van der Waals surface area contributed by atoms with Gasteiger partial charge in [-0.2, -0.15) is 0 Å². The van der Waals surface area contributed by atoms with Gasteiger partial charge in [-0.1, -0.05) is 0 Å². The smallest absolute Gasteiger partial charge is 0.167 e. The molecule has 1 heterocycles. The lowest BCUT2D eigenvalue weighted by Gasteiger charge is -2.08. The summed E-state index contributed by atoms with van der Waals surface area (Å²) in [7, 11) is 3.86. The Balaban J connectivity index is 2.65. The van der Waals surface area contributed by atoms with E-state index >= 15 is 0 Å². The monoisotopic (exact) mass is 193 g/mol. The van der Waals surface area contributed by atoms with Crippen LogP contribution in [0.3, 0.4) is 0 Å². The molecule has 2 N–H and O–H groups in total. The maximum absolute atomic E-state index is 11.6. The number of anilines is 1. The minimum absolute atomic E-state index is 0.0456. The molecule has 0 aromatic carbocycles. The van der Waals surface area contributed by atoms with Crippen molar-refractivity contribution in [2.75, 3.05) is 26.4 Å². The maximum atomic E-state index is 11.6. The molecule has 0 amide bonds. The van der Waals surface area contributed by atoms with Crippen LogP contribution in [0.5, 0.6) is 0 Å². The zero-order valence-corrected chi connectivity index (χ0v) is 8.53. The first kappa shape index (κ1) is 10.7. The van der Waals surface area contributed by atoms with Gasteiger partial charge in [0.15, 0.2) is 5.78 Å². The fraction of sp³-hybridized carbons (Fsp3) is 0.400. The highest BCUT2D eigenvalue weighted by atomic mass is 16.1. The molecule has 0 saturated heterocycles. The van der Waals surface area contributed by atoms with Crippen LogP contribution in [0.25, 0.3) is 0 Å². The van der Waals surface area contributed by atoms with Crippen LogP contribution in [-0.4, -0.2) is 36.3 Å². The molecule has 14 heavy (non-hydrogen) atoms. The van der Waals surface area contributed by atoms with E-state index in [1.807, 2.05) is 19.0 Å². The maximum Gasteiger partial charge on any atom is 0.167 e. The Hall–Kier alpha value is -1.42. The summed E-state index contributed by atoms with van der Waals surface area (Å²) in [5.74, 6) is 0.362. The molecule has 76 valence electrons. The normalized spacial score (nSPS) is 10.5. The van der Waals surface area contributed by atoms with Crippen LogP contribution in [0, 0.1) is 0 Å². The van der Waals surface area contributed by atoms with Gasteiger partial charge in [-0.05, 0) is 26.2 Å². The lowest BCUT2D eigenvalue weighted by atomic mass is 10.1. The topological polar surface area (TPSA) is 59.2 Å². The van der Waals surface area contributed by atoms with Crippen molar-refractivity contribution in [3.05, 3.63) is 23.9 Å². The molecule has 1 aromatic rings. The van der Waals surface area contributed by atoms with Crippen LogP contribution in [-0.2, 0) is 0 Å². The van der Waals surface area contributed by atoms with Crippen molar-refractivity contribution in [2.24, 2.45) is 0 Å². The molecule has 0 radical (unpaired) electrons. The van der Waals surface area contributed by atoms with E-state index in [1.54, 1.807) is 18.3 Å². The number of hydrogen-bond donors (Lipinski definition) is 1. The highest BCUT2D eigenvalue weighted by molar-refractivity contribution is 5.99. The molecule has 0 bridgehead atoms. The van der Waals surface area contributed by atoms with E-state index in [2.05, 4.69) is 4.98 Å². The number of ketones is 1. The van der Waals surface area contributed by atoms with Crippen molar-refractivity contribution in [1.82, 2.24) is 9.88 Å². The van der Waals surface area contributed by atoms with Crippen LogP contribution < -0.4 is 5.73 Å². The Morgan fingerprint density at radius 1 is 1.57 bits per heavy atom. The number of pyridine rings is 1. The number of hydrogen-bond acceptors (Lipinski definition) is 4. The fourth-order valence-electron chi connectivity index (χ4n) is 1.11. The third-order valence-corrected chi connectivity index (χ3v) is 1.93. The molecule has 1 rings (SSSR count). The van der Waals surface area contributed by atoms with E-state index in [0.29, 0.717) is 17.8 Å². The second kappa shape index (κ2) is 4.72. The molecule has 1 aromatic heterocycles. The summed E-state index contributed by atoms with van der Waals surface area (Å²) in [6.07, 6.45) is 2.06. The number of nitrogens with zero attached hydrogens (tertiary/aromatic N) is 2. The lowest BCUT2D eigenvalue weighted by molar-refractivity contribution is 0.0973. The molecule has 4 heteroatoms. The average molecular weight is 193 g/mol. The minimum Gasteiger partial charge on any atom is -0.383 e. The Labute approximate surface area is 83.7 Å². The third kappa shape index (κ3) is 2.81. The van der Waals surface area contributed by atoms with Gasteiger partial charge in [-0.15, -0.1) is 0 Å². The van der Waals surface area contributed by atoms with Gasteiger partial charge in [0.05, 0.1) is 5.56 Å². The zero-order valence-electron chi connectivity index (χ0n) is 8.53. The third-order valence-electron chi connectivity index (χ3n) is 1.93. The largest absolute Gasteiger partial charge is 0.383 e. The second-order valence-corrected chi connectivity index (χ2v) is 3.41. The molecular weight excluding hydrogens is 178 g/mol. The highest BCUT2D eigenvalue weighted by Gasteiger charge is 2.09. The molecule has 0 spiro atoms. The van der Waals surface area contributed by atoms with E-state index in [9.17, 15) is 4.79 Å². The van der Waals surface area contributed by atoms with Crippen LogP contribution >= 0.6 is 0 Å². The van der Waals surface area contributed by atoms with Gasteiger partial charge in [0, 0.05) is 19.2 Å². The van der Waals surface area contributed by atoms with Crippen molar-refractivity contribution in [2.45, 2.75) is 6.42 Å². The molecule has 4 nitrogen and oxygen atoms in total. The van der Waals surface area contributed by atoms with Crippen molar-refractivity contribution >= 4 is 11.6 Å². The standard InChI is InChI=1S/C10H15N3O/c1-13(2)7-5-9(14)8-4-3-6-12-10(8)11/h3-4,6H,5,7H2,1-2H3,(H2,11,12). The summed E-state index contributed by atoms with van der Waals surface area (Å²) in [4.78, 5) is 17.5. The molecule has 0 aliphatic heterocycles. The van der Waals surface area contributed by atoms with E-state index in [1.165, 1.54) is 0 Å². The van der Waals surface area contributed by atoms with Gasteiger partial charge in [0.2, 0.25) is 0 Å². The summed E-state index contributed by atoms with van der Waals surface area (Å²) in [5, 5.41) is 0. The van der Waals surface area contributed by atoms with Crippen molar-refractivity contribution < 1.29 is 4.79 Å². The molecular formula is C10H15N3O. The Bertz CT molecular complexity index is 323. The Morgan fingerprint density at radius 2 is 2.29 bits per heavy atom. The van der Waals surface area contributed by atoms with Crippen LogP contribution in [0.4, 0.5) is 5.82 Å². The summed E-state index contributed by atoms with van der Waals surface area (Å²) in [6, 6.07) is 3.43. The first-order valence-electron chi connectivity index (χ1n) is 4.49. The number of nitrogen functional groups attached to an aromatic ring is 1. The molecule has 0 saturated carbocycles. The summed E-state index contributed by atoms with van der Waals surface area (Å²) in [5.41, 5.74) is 6.10. The van der Waals surface area contributed by atoms with E-state index in [-0.39, 0.29) is 5.78 Å². The van der Waals surface area contributed by atoms with Crippen LogP contribution in [0.1, 0.15) is 16.8 Å². The number of nitrogens with two attached hydrogens (primary N) is 1. The lowest BCUT2D eigenvalue weighted by Crippen LogP contribution is -2.17. The van der Waals surface area contributed by atoms with Crippen LogP contribution in [0.15, 0.2) is 18.3 Å². The summed E-state index contributed by atoms with van der Waals surface area (Å²) < 4.78 is 0. The number of carbonyl (C=O) groups is 1. The molecule has 0 aliphatic carbocycles. The number of carbonyl (C=O) groups excluding carboxylic acids is 1. The molecule has 0 fully saturated rings. The molecule has 0 aliphatic rings. The van der Waals surface area contributed by atoms with E-state index in [0.717, 1.165) is 6.54 Å². The average Bonchev–Trinajstić information content (AvgIpc) is 2.15. The Morgan fingerprint density at radius 3 is 2.86 bits per heavy atom. The number of rotatable bonds is 4. The van der Waals surface area contributed by atoms with Gasteiger partial charge in [0.25, 0.3) is 0 Å². The van der Waals surface area contributed by atoms with Gasteiger partial charge >= 0.3 is 0 Å². The van der Waals surface area contributed by atoms with Gasteiger partial charge in [-0.25, -0.2) is 4.98 Å². The highest BCUT2D eigenvalue weighted by Crippen LogP contribution is 2.09. The predicted molar refractivity (Wildman–Crippen MR) is 56.2 cm³/mol. The summed E-state index contributed by atoms with van der Waals surface area (Å²) >= 11 is 0. The summed E-state index contributed by atoms with van der Waals surface area (Å²) in [6.45, 7) is 0.729. The second-order valence-electron chi connectivity index (χ2n) is 3.41. The van der Waals surface area contributed by atoms with Gasteiger partial charge < -0.3 is 10.6 Å². The fourth-order valence-corrected chi connectivity index (χ4v) is 1.11. The van der Waals surface area contributed by atoms with Crippen molar-refractivity contribution in [1.29, 1.82) is 0 Å². The first-order chi connectivity index (χ1) is 6.61. The zero-order chi connectivity index (χ0) is 10.6. The number of aromatic nitrogens is 1. The molecule has 0 unspecified atom stereocenters. The molecule has 0 atom stereocenters.